The molecule has 1 heterocycles. The van der Waals surface area contributed by atoms with Crippen molar-refractivity contribution in [3.8, 4) is 5.69 Å². The van der Waals surface area contributed by atoms with Crippen LogP contribution in [0.5, 0.6) is 0 Å². The average molecular weight is 411 g/mol. The quantitative estimate of drug-likeness (QED) is 0.398. The number of carbonyl (C=O) groups excluding carboxylic acids is 1. The molecule has 0 fully saturated rings. The van der Waals surface area contributed by atoms with E-state index >= 15 is 0 Å². The van der Waals surface area contributed by atoms with Crippen LogP contribution in [0.4, 0.5) is 17.6 Å². The van der Waals surface area contributed by atoms with E-state index in [9.17, 15) is 27.2 Å². The standard InChI is InChI=1S/C18H13F4N3O2S/c19-11-5-7-12(8-6-11)25-16(27)13-3-1-2-4-14(13)24-17(25)28-9-15(26)23-10-18(20,21)22/h1-8H,9-10H2,(H,23,26). The number of rotatable bonds is 5. The van der Waals surface area contributed by atoms with Crippen LogP contribution in [0.3, 0.4) is 0 Å². The highest BCUT2D eigenvalue weighted by molar-refractivity contribution is 7.99. The largest absolute Gasteiger partial charge is 0.405 e. The molecule has 0 saturated heterocycles. The fraction of sp³-hybridized carbons (Fsp3) is 0.167. The summed E-state index contributed by atoms with van der Waals surface area (Å²) in [5, 5.41) is 2.19. The van der Waals surface area contributed by atoms with Crippen molar-refractivity contribution in [1.82, 2.24) is 14.9 Å². The topological polar surface area (TPSA) is 64.0 Å². The Morgan fingerprint density at radius 2 is 1.79 bits per heavy atom. The van der Waals surface area contributed by atoms with Gasteiger partial charge in [0.2, 0.25) is 5.91 Å². The van der Waals surface area contributed by atoms with Crippen molar-refractivity contribution in [3.63, 3.8) is 0 Å². The van der Waals surface area contributed by atoms with Crippen molar-refractivity contribution in [1.29, 1.82) is 0 Å². The van der Waals surface area contributed by atoms with E-state index in [0.29, 0.717) is 16.6 Å². The van der Waals surface area contributed by atoms with Gasteiger partial charge in [-0.25, -0.2) is 9.37 Å². The van der Waals surface area contributed by atoms with Crippen molar-refractivity contribution >= 4 is 28.6 Å². The van der Waals surface area contributed by atoms with Gasteiger partial charge < -0.3 is 5.32 Å². The van der Waals surface area contributed by atoms with Gasteiger partial charge in [0.1, 0.15) is 12.4 Å². The fourth-order valence-electron chi connectivity index (χ4n) is 2.41. The molecule has 0 aliphatic rings. The van der Waals surface area contributed by atoms with Crippen LogP contribution in [0.25, 0.3) is 16.6 Å². The van der Waals surface area contributed by atoms with Crippen molar-refractivity contribution in [2.24, 2.45) is 0 Å². The molecule has 146 valence electrons. The molecule has 3 aromatic rings. The van der Waals surface area contributed by atoms with E-state index in [0.717, 1.165) is 11.8 Å². The molecular weight excluding hydrogens is 398 g/mol. The second-order valence-electron chi connectivity index (χ2n) is 5.71. The molecule has 2 aromatic carbocycles. The molecule has 5 nitrogen and oxygen atoms in total. The first-order valence-electron chi connectivity index (χ1n) is 7.98. The third-order valence-corrected chi connectivity index (χ3v) is 4.59. The Bertz CT molecular complexity index is 1070. The number of amides is 1. The number of carbonyl (C=O) groups is 1. The maximum Gasteiger partial charge on any atom is 0.405 e. The molecule has 1 amide bonds. The summed E-state index contributed by atoms with van der Waals surface area (Å²) in [5.41, 5.74) is 0.266. The Hall–Kier alpha value is -2.88. The first-order valence-corrected chi connectivity index (χ1v) is 8.97. The van der Waals surface area contributed by atoms with Gasteiger partial charge in [0.05, 0.1) is 22.3 Å². The van der Waals surface area contributed by atoms with Crippen LogP contribution in [-0.2, 0) is 4.79 Å². The molecule has 0 aliphatic heterocycles. The highest BCUT2D eigenvalue weighted by atomic mass is 32.2. The number of fused-ring (bicyclic) bond motifs is 1. The van der Waals surface area contributed by atoms with E-state index in [4.69, 9.17) is 0 Å². The van der Waals surface area contributed by atoms with Gasteiger partial charge >= 0.3 is 6.18 Å². The number of hydrogen-bond donors (Lipinski definition) is 1. The second kappa shape index (κ2) is 8.01. The zero-order chi connectivity index (χ0) is 20.3. The third kappa shape index (κ3) is 4.69. The zero-order valence-electron chi connectivity index (χ0n) is 14.2. The molecule has 1 N–H and O–H groups in total. The first kappa shape index (κ1) is 19.9. The lowest BCUT2D eigenvalue weighted by Gasteiger charge is -2.13. The van der Waals surface area contributed by atoms with Crippen LogP contribution in [0.1, 0.15) is 0 Å². The fourth-order valence-corrected chi connectivity index (χ4v) is 3.25. The summed E-state index contributed by atoms with van der Waals surface area (Å²) in [7, 11) is 0. The van der Waals surface area contributed by atoms with E-state index in [1.165, 1.54) is 28.8 Å². The van der Waals surface area contributed by atoms with Crippen LogP contribution in [0.15, 0.2) is 58.5 Å². The highest BCUT2D eigenvalue weighted by Gasteiger charge is 2.27. The Balaban J connectivity index is 1.96. The normalized spacial score (nSPS) is 11.6. The molecule has 0 spiro atoms. The summed E-state index contributed by atoms with van der Waals surface area (Å²) in [6.45, 7) is -1.44. The molecule has 0 radical (unpaired) electrons. The van der Waals surface area contributed by atoms with Gasteiger partial charge in [-0.15, -0.1) is 0 Å². The Morgan fingerprint density at radius 1 is 1.11 bits per heavy atom. The van der Waals surface area contributed by atoms with Gasteiger partial charge in [-0.05, 0) is 36.4 Å². The van der Waals surface area contributed by atoms with Gasteiger partial charge in [0, 0.05) is 0 Å². The highest BCUT2D eigenvalue weighted by Crippen LogP contribution is 2.21. The summed E-state index contributed by atoms with van der Waals surface area (Å²) >= 11 is 0.812. The number of aromatic nitrogens is 2. The second-order valence-corrected chi connectivity index (χ2v) is 6.65. The number of halogens is 4. The summed E-state index contributed by atoms with van der Waals surface area (Å²) in [5.74, 6) is -1.72. The average Bonchev–Trinajstić information content (AvgIpc) is 2.65. The Kier molecular flexibility index (Phi) is 5.68. The minimum absolute atomic E-state index is 0.109. The number of hydrogen-bond acceptors (Lipinski definition) is 4. The molecule has 28 heavy (non-hydrogen) atoms. The summed E-state index contributed by atoms with van der Waals surface area (Å²) in [6, 6.07) is 11.6. The van der Waals surface area contributed by atoms with Crippen molar-refractivity contribution < 1.29 is 22.4 Å². The van der Waals surface area contributed by atoms with Crippen molar-refractivity contribution in [2.45, 2.75) is 11.3 Å². The van der Waals surface area contributed by atoms with E-state index in [1.54, 1.807) is 29.6 Å². The lowest BCUT2D eigenvalue weighted by atomic mass is 10.2. The number of para-hydroxylation sites is 1. The van der Waals surface area contributed by atoms with E-state index in [2.05, 4.69) is 4.98 Å². The predicted octanol–water partition coefficient (Wildman–Crippen LogP) is 3.30. The van der Waals surface area contributed by atoms with Crippen LogP contribution in [0.2, 0.25) is 0 Å². The summed E-state index contributed by atoms with van der Waals surface area (Å²) < 4.78 is 51.1. The van der Waals surface area contributed by atoms with Gasteiger partial charge in [-0.1, -0.05) is 23.9 Å². The first-order chi connectivity index (χ1) is 13.2. The maximum atomic E-state index is 13.2. The van der Waals surface area contributed by atoms with Crippen molar-refractivity contribution in [3.05, 3.63) is 64.7 Å². The van der Waals surface area contributed by atoms with E-state index in [1.807, 2.05) is 0 Å². The van der Waals surface area contributed by atoms with Crippen molar-refractivity contribution in [2.75, 3.05) is 12.3 Å². The molecule has 0 atom stereocenters. The number of nitrogens with zero attached hydrogens (tertiary/aromatic N) is 2. The molecule has 0 bridgehead atoms. The van der Waals surface area contributed by atoms with Gasteiger partial charge in [0.15, 0.2) is 5.16 Å². The predicted molar refractivity (Wildman–Crippen MR) is 97.1 cm³/mol. The molecule has 10 heteroatoms. The minimum atomic E-state index is -4.52. The number of thioether (sulfide) groups is 1. The molecule has 0 unspecified atom stereocenters. The van der Waals surface area contributed by atoms with Crippen LogP contribution < -0.4 is 10.9 Å². The molecule has 0 saturated carbocycles. The van der Waals surface area contributed by atoms with Crippen LogP contribution >= 0.6 is 11.8 Å². The lowest BCUT2D eigenvalue weighted by molar-refractivity contribution is -0.136. The smallest absolute Gasteiger partial charge is 0.346 e. The monoisotopic (exact) mass is 411 g/mol. The summed E-state index contributed by atoms with van der Waals surface area (Å²) in [6.07, 6.45) is -4.52. The van der Waals surface area contributed by atoms with Crippen LogP contribution in [0, 0.1) is 5.82 Å². The minimum Gasteiger partial charge on any atom is -0.346 e. The maximum absolute atomic E-state index is 13.2. The van der Waals surface area contributed by atoms with Gasteiger partial charge in [0.25, 0.3) is 5.56 Å². The van der Waals surface area contributed by atoms with Gasteiger partial charge in [-0.3, -0.25) is 14.2 Å². The number of benzene rings is 2. The zero-order valence-corrected chi connectivity index (χ0v) is 15.0. The van der Waals surface area contributed by atoms with Gasteiger partial charge in [-0.2, -0.15) is 13.2 Å². The Labute approximate surface area is 160 Å². The molecule has 1 aromatic heterocycles. The molecule has 0 aliphatic carbocycles. The molecular formula is C18H13F4N3O2S. The molecule has 3 rings (SSSR count). The third-order valence-electron chi connectivity index (χ3n) is 3.65. The van der Waals surface area contributed by atoms with E-state index in [-0.39, 0.29) is 10.9 Å². The number of nitrogens with one attached hydrogen (secondary N) is 1. The lowest BCUT2D eigenvalue weighted by Crippen LogP contribution is -2.35. The van der Waals surface area contributed by atoms with Crippen LogP contribution in [-0.4, -0.2) is 33.9 Å². The number of alkyl halides is 3. The SMILES string of the molecule is O=C(CSc1nc2ccccc2c(=O)n1-c1ccc(F)cc1)NCC(F)(F)F. The Morgan fingerprint density at radius 3 is 2.46 bits per heavy atom. The van der Waals surface area contributed by atoms with E-state index < -0.39 is 30.0 Å². The summed E-state index contributed by atoms with van der Waals surface area (Å²) in [4.78, 5) is 29.0.